The summed E-state index contributed by atoms with van der Waals surface area (Å²) in [7, 11) is 1.57. The van der Waals surface area contributed by atoms with Crippen LogP contribution in [-0.4, -0.2) is 78.0 Å². The highest BCUT2D eigenvalue weighted by Crippen LogP contribution is 2.36. The number of Topliss-reactive ketones (excluding diaryl/α,β-unsaturated/α-hetero) is 1. The number of urea groups is 1. The number of benzene rings is 1. The lowest BCUT2D eigenvalue weighted by Crippen LogP contribution is -2.45. The van der Waals surface area contributed by atoms with Crippen LogP contribution in [0.4, 0.5) is 9.18 Å². The molecule has 0 aliphatic carbocycles. The summed E-state index contributed by atoms with van der Waals surface area (Å²) in [5, 5.41) is 3.88. The molecule has 2 aromatic heterocycles. The lowest BCUT2D eigenvalue weighted by molar-refractivity contribution is -0.121. The fraction of sp³-hybridized carbons (Fsp3) is 0.370. The minimum absolute atomic E-state index is 0.0721. The standard InChI is InChI=1S/C27H30FN5O3/c1-36-25-3-2-19(28)16-22(25)21-4-9-29-26-23(21)17-24(31-26)18-5-13-33(14-6-18)27(35)30-10-15-32-11-7-20(34)8-12-32/h2-5,9,16-17H,6-8,10-15H2,1H3,(H,29,31)(H,30,35). The van der Waals surface area contributed by atoms with E-state index < -0.39 is 0 Å². The van der Waals surface area contributed by atoms with Crippen molar-refractivity contribution in [2.24, 2.45) is 0 Å². The SMILES string of the molecule is COc1ccc(F)cc1-c1ccnc2[nH]c(C3=CCN(C(=O)NCCN4CCC(=O)CC4)CC3)cc12. The van der Waals surface area contributed by atoms with E-state index in [1.165, 1.54) is 12.1 Å². The summed E-state index contributed by atoms with van der Waals surface area (Å²) in [5.41, 5.74) is 4.29. The summed E-state index contributed by atoms with van der Waals surface area (Å²) >= 11 is 0. The molecule has 2 N–H and O–H groups in total. The number of methoxy groups -OCH3 is 1. The first kappa shape index (κ1) is 24.0. The molecule has 0 spiro atoms. The number of H-pyrrole nitrogens is 1. The topological polar surface area (TPSA) is 90.6 Å². The number of carbonyl (C=O) groups excluding carboxylic acids is 2. The smallest absolute Gasteiger partial charge is 0.317 e. The quantitative estimate of drug-likeness (QED) is 0.547. The third-order valence-corrected chi connectivity index (χ3v) is 6.94. The van der Waals surface area contributed by atoms with Gasteiger partial charge in [-0.05, 0) is 47.9 Å². The minimum atomic E-state index is -0.328. The van der Waals surface area contributed by atoms with Crippen molar-refractivity contribution in [3.05, 3.63) is 54.1 Å². The number of rotatable bonds is 6. The zero-order chi connectivity index (χ0) is 25.1. The number of carbonyl (C=O) groups is 2. The van der Waals surface area contributed by atoms with Crippen LogP contribution in [0.15, 0.2) is 42.6 Å². The summed E-state index contributed by atoms with van der Waals surface area (Å²) in [6.07, 6.45) is 5.69. The largest absolute Gasteiger partial charge is 0.496 e. The third kappa shape index (κ3) is 5.11. The van der Waals surface area contributed by atoms with Gasteiger partial charge in [0.05, 0.1) is 7.11 Å². The van der Waals surface area contributed by atoms with Gasteiger partial charge in [-0.2, -0.15) is 0 Å². The number of amides is 2. The second-order valence-electron chi connectivity index (χ2n) is 9.19. The van der Waals surface area contributed by atoms with Gasteiger partial charge in [-0.25, -0.2) is 14.2 Å². The van der Waals surface area contributed by atoms with E-state index in [0.717, 1.165) is 41.9 Å². The van der Waals surface area contributed by atoms with Crippen molar-refractivity contribution in [2.75, 3.05) is 46.4 Å². The maximum Gasteiger partial charge on any atom is 0.317 e. The molecule has 9 heteroatoms. The van der Waals surface area contributed by atoms with Gasteiger partial charge in [-0.3, -0.25) is 4.79 Å². The van der Waals surface area contributed by atoms with Crippen LogP contribution in [0.1, 0.15) is 25.0 Å². The van der Waals surface area contributed by atoms with Crippen LogP contribution in [-0.2, 0) is 4.79 Å². The van der Waals surface area contributed by atoms with Crippen molar-refractivity contribution in [3.8, 4) is 16.9 Å². The van der Waals surface area contributed by atoms with Crippen molar-refractivity contribution in [1.29, 1.82) is 0 Å². The summed E-state index contributed by atoms with van der Waals surface area (Å²) in [6.45, 7) is 4.01. The molecule has 2 amide bonds. The second-order valence-corrected chi connectivity index (χ2v) is 9.19. The molecule has 0 atom stereocenters. The number of fused-ring (bicyclic) bond motifs is 1. The van der Waals surface area contributed by atoms with Crippen molar-refractivity contribution in [1.82, 2.24) is 25.1 Å². The highest BCUT2D eigenvalue weighted by Gasteiger charge is 2.21. The molecule has 4 heterocycles. The van der Waals surface area contributed by atoms with Gasteiger partial charge >= 0.3 is 6.03 Å². The van der Waals surface area contributed by atoms with Crippen LogP contribution in [0.5, 0.6) is 5.75 Å². The van der Waals surface area contributed by atoms with E-state index in [0.29, 0.717) is 61.6 Å². The minimum Gasteiger partial charge on any atom is -0.496 e. The third-order valence-electron chi connectivity index (χ3n) is 6.94. The van der Waals surface area contributed by atoms with E-state index in [2.05, 4.69) is 26.3 Å². The Labute approximate surface area is 209 Å². The molecule has 1 saturated heterocycles. The molecule has 0 saturated carbocycles. The molecule has 36 heavy (non-hydrogen) atoms. The number of nitrogens with one attached hydrogen (secondary N) is 2. The summed E-state index contributed by atoms with van der Waals surface area (Å²) in [5.74, 6) is 0.590. The number of aromatic nitrogens is 2. The van der Waals surface area contributed by atoms with E-state index in [1.807, 2.05) is 12.1 Å². The molecule has 188 valence electrons. The number of hydrogen-bond acceptors (Lipinski definition) is 5. The molecule has 0 bridgehead atoms. The Balaban J connectivity index is 1.25. The van der Waals surface area contributed by atoms with Crippen LogP contribution in [0.3, 0.4) is 0 Å². The van der Waals surface area contributed by atoms with Crippen LogP contribution < -0.4 is 10.1 Å². The average Bonchev–Trinajstić information content (AvgIpc) is 3.34. The Kier molecular flexibility index (Phi) is 6.99. The number of hydrogen-bond donors (Lipinski definition) is 2. The maximum atomic E-state index is 14.0. The first-order valence-corrected chi connectivity index (χ1v) is 12.3. The molecule has 3 aromatic rings. The predicted octanol–water partition coefficient (Wildman–Crippen LogP) is 3.84. The Morgan fingerprint density at radius 1 is 1.14 bits per heavy atom. The zero-order valence-corrected chi connectivity index (χ0v) is 20.3. The van der Waals surface area contributed by atoms with E-state index >= 15 is 0 Å². The molecule has 8 nitrogen and oxygen atoms in total. The van der Waals surface area contributed by atoms with Gasteiger partial charge in [0.1, 0.15) is 23.0 Å². The number of halogens is 1. The normalized spacial score (nSPS) is 16.8. The Bertz CT molecular complexity index is 1310. The van der Waals surface area contributed by atoms with Gasteiger partial charge in [0.25, 0.3) is 0 Å². The van der Waals surface area contributed by atoms with Gasteiger partial charge in [-0.15, -0.1) is 0 Å². The average molecular weight is 492 g/mol. The van der Waals surface area contributed by atoms with Crippen LogP contribution in [0.25, 0.3) is 27.7 Å². The van der Waals surface area contributed by atoms with Gasteiger partial charge in [0.15, 0.2) is 0 Å². The van der Waals surface area contributed by atoms with E-state index in [-0.39, 0.29) is 11.8 Å². The lowest BCUT2D eigenvalue weighted by atomic mass is 10.0. The summed E-state index contributed by atoms with van der Waals surface area (Å²) in [6, 6.07) is 8.31. The Morgan fingerprint density at radius 2 is 1.97 bits per heavy atom. The molecule has 1 aromatic carbocycles. The van der Waals surface area contributed by atoms with Crippen molar-refractivity contribution >= 4 is 28.4 Å². The number of aromatic amines is 1. The number of pyridine rings is 1. The van der Waals surface area contributed by atoms with E-state index in [4.69, 9.17) is 4.74 Å². The van der Waals surface area contributed by atoms with E-state index in [9.17, 15) is 14.0 Å². The number of ketones is 1. The maximum absolute atomic E-state index is 14.0. The fourth-order valence-corrected chi connectivity index (χ4v) is 4.88. The Morgan fingerprint density at radius 3 is 2.72 bits per heavy atom. The highest BCUT2D eigenvalue weighted by atomic mass is 19.1. The molecule has 0 radical (unpaired) electrons. The van der Waals surface area contributed by atoms with Crippen LogP contribution >= 0.6 is 0 Å². The predicted molar refractivity (Wildman–Crippen MR) is 136 cm³/mol. The summed E-state index contributed by atoms with van der Waals surface area (Å²) < 4.78 is 19.5. The van der Waals surface area contributed by atoms with Crippen LogP contribution in [0.2, 0.25) is 0 Å². The first-order chi connectivity index (χ1) is 17.5. The number of nitrogens with zero attached hydrogens (tertiary/aromatic N) is 3. The molecule has 5 rings (SSSR count). The summed E-state index contributed by atoms with van der Waals surface area (Å²) in [4.78, 5) is 35.8. The number of likely N-dealkylation sites (tertiary alicyclic amines) is 1. The molecule has 0 unspecified atom stereocenters. The van der Waals surface area contributed by atoms with E-state index in [1.54, 1.807) is 24.3 Å². The lowest BCUT2D eigenvalue weighted by Gasteiger charge is -2.28. The fourth-order valence-electron chi connectivity index (χ4n) is 4.88. The van der Waals surface area contributed by atoms with Crippen LogP contribution in [0, 0.1) is 5.82 Å². The number of ether oxygens (including phenoxy) is 1. The zero-order valence-electron chi connectivity index (χ0n) is 20.3. The molecular formula is C27H30FN5O3. The molecule has 2 aliphatic heterocycles. The Hall–Kier alpha value is -3.72. The van der Waals surface area contributed by atoms with Gasteiger partial charge in [0.2, 0.25) is 0 Å². The molecule has 2 aliphatic rings. The number of piperidine rings is 1. The van der Waals surface area contributed by atoms with Gasteiger partial charge < -0.3 is 24.8 Å². The monoisotopic (exact) mass is 491 g/mol. The van der Waals surface area contributed by atoms with Gasteiger partial charge in [-0.1, -0.05) is 6.08 Å². The van der Waals surface area contributed by atoms with Crippen molar-refractivity contribution in [2.45, 2.75) is 19.3 Å². The van der Waals surface area contributed by atoms with Gasteiger partial charge in [0, 0.05) is 75.0 Å². The highest BCUT2D eigenvalue weighted by molar-refractivity contribution is 5.96. The van der Waals surface area contributed by atoms with Crippen molar-refractivity contribution in [3.63, 3.8) is 0 Å². The van der Waals surface area contributed by atoms with Crippen molar-refractivity contribution < 1.29 is 18.7 Å². The molecule has 1 fully saturated rings. The second kappa shape index (κ2) is 10.5. The molecular weight excluding hydrogens is 461 g/mol. The first-order valence-electron chi connectivity index (χ1n) is 12.3.